The minimum Gasteiger partial charge on any atom is -0.487 e. The molecule has 2 fully saturated rings. The normalized spacial score (nSPS) is 16.8. The number of rotatable bonds is 10. The number of likely N-dealkylation sites (N-methyl/N-ethyl adjacent to an activating group) is 1. The largest absolute Gasteiger partial charge is 0.487 e. The third-order valence-electron chi connectivity index (χ3n) is 7.74. The Bertz CT molecular complexity index is 1160. The molecular formula is C30H43Cl4N5O3. The Morgan fingerprint density at radius 1 is 1.07 bits per heavy atom. The van der Waals surface area contributed by atoms with Crippen LogP contribution in [0.5, 0.6) is 5.75 Å². The van der Waals surface area contributed by atoms with Crippen molar-refractivity contribution in [3.05, 3.63) is 57.8 Å². The number of hydrogen-bond donors (Lipinski definition) is 1. The van der Waals surface area contributed by atoms with E-state index in [0.717, 1.165) is 55.7 Å². The van der Waals surface area contributed by atoms with Crippen LogP contribution < -0.4 is 10.1 Å². The van der Waals surface area contributed by atoms with Crippen LogP contribution in [0.2, 0.25) is 10.0 Å². The second-order valence-electron chi connectivity index (χ2n) is 11.0. The van der Waals surface area contributed by atoms with Crippen LogP contribution >= 0.6 is 48.0 Å². The summed E-state index contributed by atoms with van der Waals surface area (Å²) in [7, 11) is 4.09. The molecule has 42 heavy (non-hydrogen) atoms. The molecule has 3 heterocycles. The molecule has 1 N–H and O–H groups in total. The van der Waals surface area contributed by atoms with Gasteiger partial charge in [-0.2, -0.15) is 0 Å². The molecule has 0 bridgehead atoms. The number of ether oxygens (including phenoxy) is 1. The van der Waals surface area contributed by atoms with Crippen molar-refractivity contribution in [3.8, 4) is 5.75 Å². The van der Waals surface area contributed by atoms with Crippen LogP contribution in [0.1, 0.15) is 56.2 Å². The lowest BCUT2D eigenvalue weighted by atomic mass is 9.91. The molecule has 8 nitrogen and oxygen atoms in total. The third-order valence-corrected chi connectivity index (χ3v) is 8.33. The molecule has 0 unspecified atom stereocenters. The average Bonchev–Trinajstić information content (AvgIpc) is 3.49. The summed E-state index contributed by atoms with van der Waals surface area (Å²) in [5.74, 6) is 0.932. The Labute approximate surface area is 272 Å². The first-order chi connectivity index (χ1) is 19.2. The van der Waals surface area contributed by atoms with Gasteiger partial charge >= 0.3 is 6.03 Å². The first kappa shape index (κ1) is 36.2. The molecule has 2 atom stereocenters. The fourth-order valence-electron chi connectivity index (χ4n) is 5.51. The van der Waals surface area contributed by atoms with Gasteiger partial charge in [0.1, 0.15) is 17.9 Å². The Morgan fingerprint density at radius 3 is 2.38 bits per heavy atom. The molecule has 234 valence electrons. The summed E-state index contributed by atoms with van der Waals surface area (Å²) in [5.41, 5.74) is 1.73. The number of carbonyl (C=O) groups excluding carboxylic acids is 2. The van der Waals surface area contributed by atoms with E-state index in [2.05, 4.69) is 17.1 Å². The molecule has 1 aromatic heterocycles. The SMILES string of the molecule is CC[C@@H](CN(C)C)Oc1cccnc1C1CCN(C(=O)[C@@H](Cc2ccc(Cl)cc2Cl)NC(=O)N2CCCC2)CC1.Cl.Cl. The van der Waals surface area contributed by atoms with Crippen LogP contribution in [0.25, 0.3) is 0 Å². The minimum absolute atomic E-state index is 0. The predicted molar refractivity (Wildman–Crippen MR) is 174 cm³/mol. The van der Waals surface area contributed by atoms with E-state index in [1.54, 1.807) is 17.0 Å². The highest BCUT2D eigenvalue weighted by Gasteiger charge is 2.33. The highest BCUT2D eigenvalue weighted by Crippen LogP contribution is 2.34. The molecule has 0 saturated carbocycles. The monoisotopic (exact) mass is 661 g/mol. The van der Waals surface area contributed by atoms with Crippen LogP contribution in [-0.4, -0.2) is 90.6 Å². The summed E-state index contributed by atoms with van der Waals surface area (Å²) in [6.45, 7) is 5.55. The Hall–Kier alpha value is -1.97. The number of urea groups is 1. The van der Waals surface area contributed by atoms with E-state index in [4.69, 9.17) is 32.9 Å². The van der Waals surface area contributed by atoms with Crippen LogP contribution in [-0.2, 0) is 11.2 Å². The van der Waals surface area contributed by atoms with E-state index in [9.17, 15) is 9.59 Å². The molecule has 1 aromatic carbocycles. The maximum Gasteiger partial charge on any atom is 0.318 e. The number of carbonyl (C=O) groups is 2. The third kappa shape index (κ3) is 9.78. The summed E-state index contributed by atoms with van der Waals surface area (Å²) in [4.78, 5) is 37.3. The number of piperidine rings is 1. The first-order valence-electron chi connectivity index (χ1n) is 14.3. The van der Waals surface area contributed by atoms with Crippen molar-refractivity contribution < 1.29 is 14.3 Å². The number of likely N-dealkylation sites (tertiary alicyclic amines) is 2. The zero-order valence-corrected chi connectivity index (χ0v) is 27.7. The van der Waals surface area contributed by atoms with Crippen molar-refractivity contribution in [2.75, 3.05) is 46.8 Å². The zero-order valence-electron chi connectivity index (χ0n) is 24.6. The quantitative estimate of drug-likeness (QED) is 0.334. The van der Waals surface area contributed by atoms with Crippen molar-refractivity contribution in [2.45, 2.75) is 63.5 Å². The van der Waals surface area contributed by atoms with Crippen LogP contribution in [0, 0.1) is 0 Å². The summed E-state index contributed by atoms with van der Waals surface area (Å²) >= 11 is 12.5. The van der Waals surface area contributed by atoms with E-state index in [0.29, 0.717) is 42.6 Å². The van der Waals surface area contributed by atoms with Gasteiger partial charge in [-0.1, -0.05) is 36.2 Å². The zero-order chi connectivity index (χ0) is 28.6. The van der Waals surface area contributed by atoms with Gasteiger partial charge in [0.15, 0.2) is 0 Å². The average molecular weight is 664 g/mol. The summed E-state index contributed by atoms with van der Waals surface area (Å²) in [6.07, 6.45) is 6.62. The number of aromatic nitrogens is 1. The number of pyridine rings is 1. The Kier molecular flexibility index (Phi) is 15.0. The topological polar surface area (TPSA) is 78.0 Å². The number of benzene rings is 1. The second kappa shape index (κ2) is 17.4. The highest BCUT2D eigenvalue weighted by atomic mass is 35.5. The molecule has 0 radical (unpaired) electrons. The molecule has 0 aliphatic carbocycles. The number of nitrogens with zero attached hydrogens (tertiary/aromatic N) is 4. The number of amides is 3. The van der Waals surface area contributed by atoms with E-state index >= 15 is 0 Å². The molecule has 2 aliphatic rings. The molecule has 4 rings (SSSR count). The molecule has 2 aromatic rings. The first-order valence-corrected chi connectivity index (χ1v) is 15.0. The highest BCUT2D eigenvalue weighted by molar-refractivity contribution is 6.35. The summed E-state index contributed by atoms with van der Waals surface area (Å²) in [6, 6.07) is 8.24. The van der Waals surface area contributed by atoms with Crippen LogP contribution in [0.3, 0.4) is 0 Å². The molecule has 2 saturated heterocycles. The van der Waals surface area contributed by atoms with Gasteiger partial charge < -0.3 is 24.8 Å². The van der Waals surface area contributed by atoms with Gasteiger partial charge in [0, 0.05) is 61.3 Å². The van der Waals surface area contributed by atoms with Gasteiger partial charge in [0.2, 0.25) is 5.91 Å². The molecular weight excluding hydrogens is 620 g/mol. The van der Waals surface area contributed by atoms with Gasteiger partial charge in [-0.3, -0.25) is 9.78 Å². The fraction of sp³-hybridized carbons (Fsp3) is 0.567. The summed E-state index contributed by atoms with van der Waals surface area (Å²) in [5, 5.41) is 4.03. The van der Waals surface area contributed by atoms with Crippen molar-refractivity contribution in [1.29, 1.82) is 0 Å². The predicted octanol–water partition coefficient (Wildman–Crippen LogP) is 6.07. The van der Waals surface area contributed by atoms with Crippen molar-refractivity contribution in [2.24, 2.45) is 0 Å². The lowest BCUT2D eigenvalue weighted by Crippen LogP contribution is -2.54. The second-order valence-corrected chi connectivity index (χ2v) is 11.9. The number of halogens is 4. The lowest BCUT2D eigenvalue weighted by molar-refractivity contribution is -0.134. The van der Waals surface area contributed by atoms with E-state index in [1.165, 1.54) is 0 Å². The van der Waals surface area contributed by atoms with Crippen LogP contribution in [0.4, 0.5) is 4.79 Å². The molecule has 0 spiro atoms. The van der Waals surface area contributed by atoms with Gasteiger partial charge in [-0.25, -0.2) is 4.79 Å². The maximum atomic E-state index is 13.8. The molecule has 12 heteroatoms. The Morgan fingerprint density at radius 2 is 1.76 bits per heavy atom. The maximum absolute atomic E-state index is 13.8. The van der Waals surface area contributed by atoms with E-state index in [-0.39, 0.29) is 48.8 Å². The number of hydrogen-bond acceptors (Lipinski definition) is 5. The van der Waals surface area contributed by atoms with E-state index < -0.39 is 6.04 Å². The van der Waals surface area contributed by atoms with E-state index in [1.807, 2.05) is 43.4 Å². The van der Waals surface area contributed by atoms with Gasteiger partial charge in [-0.15, -0.1) is 24.8 Å². The van der Waals surface area contributed by atoms with Crippen molar-refractivity contribution in [1.82, 2.24) is 25.0 Å². The van der Waals surface area contributed by atoms with Gasteiger partial charge in [-0.05, 0) is 76.0 Å². The standard InChI is InChI=1S/C30H41Cl2N5O3.2ClH/c1-4-24(20-35(2)3)40-27-8-7-13-33-28(27)21-11-16-36(17-12-21)29(38)26(34-30(39)37-14-5-6-15-37)18-22-9-10-23(31)19-25(22)32;;/h7-10,13,19,21,24,26H,4-6,11-12,14-18,20H2,1-3H3,(H,34,39);2*1H/t24-,26+;;/m0../s1. The lowest BCUT2D eigenvalue weighted by Gasteiger charge is -2.35. The minimum atomic E-state index is -0.714. The van der Waals surface area contributed by atoms with Crippen molar-refractivity contribution in [3.63, 3.8) is 0 Å². The number of nitrogens with one attached hydrogen (secondary N) is 1. The van der Waals surface area contributed by atoms with Crippen LogP contribution in [0.15, 0.2) is 36.5 Å². The smallest absolute Gasteiger partial charge is 0.318 e. The van der Waals surface area contributed by atoms with Gasteiger partial charge in [0.05, 0.1) is 5.69 Å². The Balaban J connectivity index is 0.00000308. The molecule has 2 aliphatic heterocycles. The fourth-order valence-corrected chi connectivity index (χ4v) is 5.99. The summed E-state index contributed by atoms with van der Waals surface area (Å²) < 4.78 is 6.39. The van der Waals surface area contributed by atoms with Gasteiger partial charge in [0.25, 0.3) is 0 Å². The molecule has 3 amide bonds. The van der Waals surface area contributed by atoms with Crippen molar-refractivity contribution >= 4 is 60.0 Å².